The topological polar surface area (TPSA) is 116 Å². The number of alkyl halides is 1. The molecule has 3 heterocycles. The second kappa shape index (κ2) is 6.25. The Labute approximate surface area is 145 Å². The van der Waals surface area contributed by atoms with Crippen molar-refractivity contribution in [1.82, 2.24) is 4.90 Å². The number of phosphoric acid groups is 1. The van der Waals surface area contributed by atoms with Crippen LogP contribution in [0.15, 0.2) is 17.3 Å². The smallest absolute Gasteiger partial charge is 0.384 e. The van der Waals surface area contributed by atoms with Crippen molar-refractivity contribution >= 4 is 25.3 Å². The monoisotopic (exact) mass is 381 g/mol. The average Bonchev–Trinajstić information content (AvgIpc) is 2.69. The molecule has 0 saturated carbocycles. The van der Waals surface area contributed by atoms with Crippen LogP contribution in [0.25, 0.3) is 0 Å². The fraction of sp³-hybridized carbons (Fsp3) is 0.769. The van der Waals surface area contributed by atoms with Crippen LogP contribution < -0.4 is 5.73 Å². The summed E-state index contributed by atoms with van der Waals surface area (Å²) < 4.78 is 34.5. The van der Waals surface area contributed by atoms with E-state index in [1.165, 1.54) is 11.0 Å². The van der Waals surface area contributed by atoms with Gasteiger partial charge in [-0.25, -0.2) is 9.56 Å². The van der Waals surface area contributed by atoms with Gasteiger partial charge in [-0.2, -0.15) is 0 Å². The van der Waals surface area contributed by atoms with E-state index >= 15 is 0 Å². The van der Waals surface area contributed by atoms with Crippen molar-refractivity contribution in [3.05, 3.63) is 12.3 Å². The quantitative estimate of drug-likeness (QED) is 0.552. The maximum absolute atomic E-state index is 12.6. The molecular formula is C13H21ClN3O6P. The first-order valence-electron chi connectivity index (χ1n) is 7.55. The lowest BCUT2D eigenvalue weighted by molar-refractivity contribution is -0.120. The van der Waals surface area contributed by atoms with Gasteiger partial charge in [-0.3, -0.25) is 13.6 Å². The van der Waals surface area contributed by atoms with E-state index in [4.69, 9.17) is 35.6 Å². The molecule has 0 bridgehead atoms. The van der Waals surface area contributed by atoms with Gasteiger partial charge in [0.25, 0.3) is 0 Å². The number of nitrogens with zero attached hydrogens (tertiary/aromatic N) is 2. The molecule has 3 N–H and O–H groups in total. The lowest BCUT2D eigenvalue weighted by Crippen LogP contribution is -2.52. The van der Waals surface area contributed by atoms with Crippen molar-refractivity contribution in [3.63, 3.8) is 0 Å². The number of phosphoric ester groups is 1. The molecule has 3 aliphatic rings. The highest BCUT2D eigenvalue weighted by Crippen LogP contribution is 2.59. The number of amidine groups is 1. The zero-order valence-corrected chi connectivity index (χ0v) is 15.2. The molecule has 0 spiro atoms. The minimum absolute atomic E-state index is 0.00648. The van der Waals surface area contributed by atoms with E-state index in [9.17, 15) is 9.67 Å². The fourth-order valence-corrected chi connectivity index (χ4v) is 4.92. The van der Waals surface area contributed by atoms with Gasteiger partial charge in [-0.1, -0.05) is 0 Å². The molecule has 136 valence electrons. The predicted octanol–water partition coefficient (Wildman–Crippen LogP) is 1.12. The van der Waals surface area contributed by atoms with Gasteiger partial charge in [0.2, 0.25) is 6.35 Å². The molecule has 2 saturated heterocycles. The number of fused-ring (bicyclic) bond motifs is 1. The molecular weight excluding hydrogens is 361 g/mol. The molecule has 0 aromatic rings. The van der Waals surface area contributed by atoms with Crippen molar-refractivity contribution in [3.8, 4) is 0 Å². The Morgan fingerprint density at radius 1 is 1.62 bits per heavy atom. The molecule has 2 fully saturated rings. The molecule has 9 nitrogen and oxygen atoms in total. The number of hydrogen-bond acceptors (Lipinski definition) is 9. The van der Waals surface area contributed by atoms with Gasteiger partial charge in [-0.15, -0.1) is 11.6 Å². The van der Waals surface area contributed by atoms with E-state index in [1.807, 2.05) is 0 Å². The van der Waals surface area contributed by atoms with Gasteiger partial charge in [-0.05, 0) is 26.8 Å². The van der Waals surface area contributed by atoms with Crippen molar-refractivity contribution in [2.45, 2.75) is 56.5 Å². The summed E-state index contributed by atoms with van der Waals surface area (Å²) in [7, 11) is -3.72. The second-order valence-electron chi connectivity index (χ2n) is 6.26. The summed E-state index contributed by atoms with van der Waals surface area (Å²) in [6.07, 6.45) is -0.596. The van der Waals surface area contributed by atoms with Gasteiger partial charge in [0.15, 0.2) is 6.23 Å². The normalized spacial score (nSPS) is 45.4. The first-order valence-corrected chi connectivity index (χ1v) is 9.39. The highest BCUT2D eigenvalue weighted by Gasteiger charge is 2.61. The molecule has 0 aliphatic carbocycles. The highest BCUT2D eigenvalue weighted by atomic mass is 35.5. The molecule has 0 aromatic heterocycles. The van der Waals surface area contributed by atoms with E-state index in [1.54, 1.807) is 27.0 Å². The fourth-order valence-electron chi connectivity index (χ4n) is 2.86. The maximum Gasteiger partial charge on any atom is 0.475 e. The summed E-state index contributed by atoms with van der Waals surface area (Å²) in [6.45, 7) is 5.14. The molecule has 11 heteroatoms. The van der Waals surface area contributed by atoms with Gasteiger partial charge < -0.3 is 20.5 Å². The van der Waals surface area contributed by atoms with E-state index in [0.29, 0.717) is 0 Å². The Bertz CT molecular complexity index is 613. The molecule has 6 atom stereocenters. The van der Waals surface area contributed by atoms with Crippen LogP contribution in [0.4, 0.5) is 0 Å². The van der Waals surface area contributed by atoms with Gasteiger partial charge in [0.05, 0.1) is 12.7 Å². The molecule has 0 aromatic carbocycles. The van der Waals surface area contributed by atoms with Crippen LogP contribution >= 0.6 is 19.4 Å². The predicted molar refractivity (Wildman–Crippen MR) is 86.2 cm³/mol. The zero-order valence-electron chi connectivity index (χ0n) is 13.5. The second-order valence-corrected chi connectivity index (χ2v) is 8.65. The van der Waals surface area contributed by atoms with Crippen LogP contribution in [-0.2, 0) is 22.9 Å². The number of aliphatic imine (C=N–C) groups is 1. The van der Waals surface area contributed by atoms with E-state index in [2.05, 4.69) is 4.99 Å². The number of aliphatic hydroxyl groups is 1. The third kappa shape index (κ3) is 3.22. The summed E-state index contributed by atoms with van der Waals surface area (Å²) in [6, 6.07) is 0. The van der Waals surface area contributed by atoms with Crippen LogP contribution in [0.5, 0.6) is 0 Å². The Balaban J connectivity index is 1.81. The number of hydrogen-bond donors (Lipinski definition) is 2. The molecule has 0 radical (unpaired) electrons. The highest BCUT2D eigenvalue weighted by molar-refractivity contribution is 7.48. The maximum atomic E-state index is 12.6. The molecule has 0 amide bonds. The van der Waals surface area contributed by atoms with Crippen LogP contribution in [0, 0.1) is 0 Å². The van der Waals surface area contributed by atoms with Gasteiger partial charge in [0.1, 0.15) is 22.9 Å². The Morgan fingerprint density at radius 2 is 2.33 bits per heavy atom. The summed E-state index contributed by atoms with van der Waals surface area (Å²) in [5.74, 6) is 0.194. The lowest BCUT2D eigenvalue weighted by Gasteiger charge is -2.38. The Kier molecular flexibility index (Phi) is 4.72. The molecule has 3 rings (SSSR count). The van der Waals surface area contributed by atoms with Crippen LogP contribution in [0.3, 0.4) is 0 Å². The third-order valence-electron chi connectivity index (χ3n) is 3.88. The zero-order chi connectivity index (χ0) is 17.7. The van der Waals surface area contributed by atoms with Crippen molar-refractivity contribution in [1.29, 1.82) is 0 Å². The molecule has 2 unspecified atom stereocenters. The lowest BCUT2D eigenvalue weighted by atomic mass is 10.0. The van der Waals surface area contributed by atoms with Crippen LogP contribution in [-0.4, -0.2) is 58.2 Å². The average molecular weight is 382 g/mol. The van der Waals surface area contributed by atoms with E-state index in [-0.39, 0.29) is 18.5 Å². The third-order valence-corrected chi connectivity index (χ3v) is 5.91. The van der Waals surface area contributed by atoms with Gasteiger partial charge in [0, 0.05) is 6.20 Å². The van der Waals surface area contributed by atoms with Crippen molar-refractivity contribution in [2.24, 2.45) is 10.7 Å². The van der Waals surface area contributed by atoms with Crippen molar-refractivity contribution in [2.75, 3.05) is 6.61 Å². The Hall–Kier alpha value is -0.670. The first kappa shape index (κ1) is 18.1. The number of aliphatic hydroxyl groups excluding tert-OH is 1. The summed E-state index contributed by atoms with van der Waals surface area (Å²) in [5, 5.41) is 10.1. The van der Waals surface area contributed by atoms with Crippen LogP contribution in [0.2, 0.25) is 0 Å². The summed E-state index contributed by atoms with van der Waals surface area (Å²) >= 11 is 6.66. The number of ether oxygens (including phenoxy) is 1. The minimum atomic E-state index is -3.72. The van der Waals surface area contributed by atoms with Gasteiger partial charge >= 0.3 is 7.82 Å². The largest absolute Gasteiger partial charge is 0.475 e. The van der Waals surface area contributed by atoms with Crippen LogP contribution in [0.1, 0.15) is 20.8 Å². The Morgan fingerprint density at radius 3 is 2.96 bits per heavy atom. The standard InChI is InChI=1S/C13H21ClN3O6P/c1-7(2)22-24(19)20-6-8-10(23-24)13(3,14)11(21-8)17-5-4-9(15)16-12(17)18/h4-5,7-8,10-12,18H,6H2,1-3H3,(H2,15,16)/t8-,10-,11-,12?,13-,24?/m1/s1. The SMILES string of the molecule is CC(C)OP1(=O)OC[C@H]2O[C@@H](N3C=CC(N)=NC3O)[C@](C)(Cl)[C@@H]2O1. The molecule has 3 aliphatic heterocycles. The summed E-state index contributed by atoms with van der Waals surface area (Å²) in [5.41, 5.74) is 5.56. The molecule has 24 heavy (non-hydrogen) atoms. The summed E-state index contributed by atoms with van der Waals surface area (Å²) in [4.78, 5) is 4.15. The number of nitrogens with two attached hydrogens (primary N) is 1. The van der Waals surface area contributed by atoms with E-state index in [0.717, 1.165) is 0 Å². The first-order chi connectivity index (χ1) is 11.1. The van der Waals surface area contributed by atoms with Crippen molar-refractivity contribution < 1.29 is 28.0 Å². The minimum Gasteiger partial charge on any atom is -0.384 e. The number of halogens is 1. The number of rotatable bonds is 3. The van der Waals surface area contributed by atoms with E-state index < -0.39 is 37.5 Å².